The zero-order valence-electron chi connectivity index (χ0n) is 21.6. The molecule has 4 heterocycles. The summed E-state index contributed by atoms with van der Waals surface area (Å²) < 4.78 is 50.5. The molecule has 3 aliphatic rings. The molecule has 1 unspecified atom stereocenters. The summed E-state index contributed by atoms with van der Waals surface area (Å²) in [5, 5.41) is 2.97. The van der Waals surface area contributed by atoms with Gasteiger partial charge in [0.05, 0.1) is 24.1 Å². The van der Waals surface area contributed by atoms with Gasteiger partial charge in [0.25, 0.3) is 0 Å². The van der Waals surface area contributed by atoms with E-state index in [0.717, 1.165) is 38.8 Å². The maximum Gasteiger partial charge on any atom is 0.227 e. The van der Waals surface area contributed by atoms with Crippen LogP contribution in [0.15, 0.2) is 36.5 Å². The van der Waals surface area contributed by atoms with Crippen molar-refractivity contribution in [2.45, 2.75) is 38.8 Å². The Labute approximate surface area is 220 Å². The Bertz CT molecular complexity index is 1350. The van der Waals surface area contributed by atoms with Crippen LogP contribution in [0, 0.1) is 17.5 Å². The van der Waals surface area contributed by atoms with Gasteiger partial charge in [-0.1, -0.05) is 0 Å². The summed E-state index contributed by atoms with van der Waals surface area (Å²) >= 11 is 0. The Kier molecular flexibility index (Phi) is 6.51. The zero-order valence-corrected chi connectivity index (χ0v) is 21.6. The third-order valence-corrected chi connectivity index (χ3v) is 7.68. The lowest BCUT2D eigenvalue weighted by Crippen LogP contribution is -2.50. The van der Waals surface area contributed by atoms with Crippen molar-refractivity contribution in [2.75, 3.05) is 54.4 Å². The minimum Gasteiger partial charge on any atom is -0.486 e. The van der Waals surface area contributed by atoms with E-state index in [1.807, 2.05) is 18.7 Å². The van der Waals surface area contributed by atoms with Crippen LogP contribution in [0.2, 0.25) is 0 Å². The average Bonchev–Trinajstić information content (AvgIpc) is 3.37. The van der Waals surface area contributed by atoms with Crippen molar-refractivity contribution < 1.29 is 17.9 Å². The predicted octanol–water partition coefficient (Wildman–Crippen LogP) is 5.20. The van der Waals surface area contributed by atoms with Gasteiger partial charge >= 0.3 is 0 Å². The highest BCUT2D eigenvalue weighted by Crippen LogP contribution is 2.39. The Morgan fingerprint density at radius 1 is 0.974 bits per heavy atom. The molecule has 0 spiro atoms. The lowest BCUT2D eigenvalue weighted by Gasteiger charge is -2.39. The quantitative estimate of drug-likeness (QED) is 0.493. The van der Waals surface area contributed by atoms with Crippen molar-refractivity contribution in [1.82, 2.24) is 14.9 Å². The first-order chi connectivity index (χ1) is 18.4. The highest BCUT2D eigenvalue weighted by molar-refractivity contribution is 5.73. The molecule has 6 rings (SSSR count). The van der Waals surface area contributed by atoms with E-state index in [0.29, 0.717) is 36.3 Å². The van der Waals surface area contributed by atoms with E-state index >= 15 is 4.39 Å². The average molecular weight is 525 g/mol. The molecular formula is C28H31F3N6O. The molecule has 2 fully saturated rings. The van der Waals surface area contributed by atoms with Gasteiger partial charge in [0.1, 0.15) is 18.1 Å². The Morgan fingerprint density at radius 3 is 2.66 bits per heavy atom. The van der Waals surface area contributed by atoms with Crippen LogP contribution in [0.1, 0.15) is 26.7 Å². The molecule has 0 aliphatic carbocycles. The lowest BCUT2D eigenvalue weighted by molar-refractivity contribution is 0.230. The van der Waals surface area contributed by atoms with Crippen molar-refractivity contribution in [1.29, 1.82) is 0 Å². The number of benzene rings is 2. The first-order valence-corrected chi connectivity index (χ1v) is 13.2. The molecule has 1 aromatic heterocycles. The van der Waals surface area contributed by atoms with E-state index in [4.69, 9.17) is 4.74 Å². The molecular weight excluding hydrogens is 493 g/mol. The lowest BCUT2D eigenvalue weighted by atomic mass is 10.1. The van der Waals surface area contributed by atoms with Gasteiger partial charge in [-0.3, -0.25) is 4.90 Å². The summed E-state index contributed by atoms with van der Waals surface area (Å²) in [6, 6.07) is 8.43. The van der Waals surface area contributed by atoms with Crippen LogP contribution in [0.4, 0.5) is 36.2 Å². The molecule has 1 N–H and O–H groups in total. The maximum absolute atomic E-state index is 15.1. The zero-order chi connectivity index (χ0) is 26.4. The molecule has 7 nitrogen and oxygen atoms in total. The number of hydrogen-bond acceptors (Lipinski definition) is 7. The van der Waals surface area contributed by atoms with Crippen molar-refractivity contribution >= 4 is 23.0 Å². The fourth-order valence-electron chi connectivity index (χ4n) is 5.78. The van der Waals surface area contributed by atoms with E-state index in [-0.39, 0.29) is 34.8 Å². The highest BCUT2D eigenvalue weighted by atomic mass is 19.1. The summed E-state index contributed by atoms with van der Waals surface area (Å²) in [5.41, 5.74) is 1.80. The fraction of sp³-hybridized carbons (Fsp3) is 0.429. The number of hydrogen-bond donors (Lipinski definition) is 1. The molecule has 3 aromatic rings. The van der Waals surface area contributed by atoms with Crippen LogP contribution < -0.4 is 19.9 Å². The van der Waals surface area contributed by atoms with Crippen LogP contribution in [-0.2, 0) is 0 Å². The van der Waals surface area contributed by atoms with E-state index in [9.17, 15) is 8.78 Å². The summed E-state index contributed by atoms with van der Waals surface area (Å²) in [5.74, 6) is -1.36. The number of nitrogens with one attached hydrogen (secondary N) is 1. The first-order valence-electron chi connectivity index (χ1n) is 13.2. The van der Waals surface area contributed by atoms with E-state index < -0.39 is 11.6 Å². The third kappa shape index (κ3) is 4.62. The topological polar surface area (TPSA) is 56.8 Å². The van der Waals surface area contributed by atoms with Crippen LogP contribution >= 0.6 is 0 Å². The summed E-state index contributed by atoms with van der Waals surface area (Å²) in [6.45, 7) is 8.68. The molecule has 10 heteroatoms. The van der Waals surface area contributed by atoms with E-state index in [1.165, 1.54) is 18.6 Å². The number of aromatic nitrogens is 2. The van der Waals surface area contributed by atoms with Gasteiger partial charge in [0.2, 0.25) is 5.95 Å². The van der Waals surface area contributed by atoms with Gasteiger partial charge in [0.15, 0.2) is 17.4 Å². The van der Waals surface area contributed by atoms with Crippen molar-refractivity contribution in [2.24, 2.45) is 0 Å². The molecule has 0 radical (unpaired) electrons. The standard InChI is InChI=1S/C28H31F3N6O/c1-17(2)37-10-11-38-27-22(30)12-18(13-25(27)37)26-23(31)15-32-28(34-26)33-19-5-6-24(21(29)14-19)36-9-8-35-7-3-4-20(35)16-36/h5-6,12-15,17,20H,3-4,7-11,16H2,1-2H3,(H,32,33,34). The van der Waals surface area contributed by atoms with Crippen LogP contribution in [0.3, 0.4) is 0 Å². The third-order valence-electron chi connectivity index (χ3n) is 7.68. The van der Waals surface area contributed by atoms with Gasteiger partial charge in [-0.25, -0.2) is 23.1 Å². The second-order valence-corrected chi connectivity index (χ2v) is 10.4. The summed E-state index contributed by atoms with van der Waals surface area (Å²) in [4.78, 5) is 14.9. The number of anilines is 4. The molecule has 2 saturated heterocycles. The SMILES string of the molecule is CC(C)N1CCOc2c(F)cc(-c3nc(Nc4ccc(N5CCN6CCCC6C5)c(F)c4)ncc3F)cc21. The van der Waals surface area contributed by atoms with Gasteiger partial charge < -0.3 is 19.9 Å². The van der Waals surface area contributed by atoms with Gasteiger partial charge in [0, 0.05) is 43.0 Å². The van der Waals surface area contributed by atoms with Crippen molar-refractivity contribution in [3.63, 3.8) is 0 Å². The monoisotopic (exact) mass is 524 g/mol. The van der Waals surface area contributed by atoms with Gasteiger partial charge in [-0.05, 0) is 63.6 Å². The summed E-state index contributed by atoms with van der Waals surface area (Å²) in [6.07, 6.45) is 3.38. The Hall–Kier alpha value is -3.53. The number of rotatable bonds is 5. The molecule has 200 valence electrons. The maximum atomic E-state index is 15.1. The molecule has 2 aromatic carbocycles. The number of fused-ring (bicyclic) bond motifs is 2. The smallest absolute Gasteiger partial charge is 0.227 e. The van der Waals surface area contributed by atoms with Crippen LogP contribution in [0.25, 0.3) is 11.3 Å². The minimum atomic E-state index is -0.685. The van der Waals surface area contributed by atoms with Gasteiger partial charge in [-0.15, -0.1) is 0 Å². The first kappa shape index (κ1) is 24.8. The Balaban J connectivity index is 1.25. The van der Waals surface area contributed by atoms with E-state index in [2.05, 4.69) is 25.1 Å². The number of piperazine rings is 1. The predicted molar refractivity (Wildman–Crippen MR) is 142 cm³/mol. The fourth-order valence-corrected chi connectivity index (χ4v) is 5.78. The number of nitrogens with zero attached hydrogens (tertiary/aromatic N) is 5. The Morgan fingerprint density at radius 2 is 1.84 bits per heavy atom. The minimum absolute atomic E-state index is 0.0509. The summed E-state index contributed by atoms with van der Waals surface area (Å²) in [7, 11) is 0. The van der Waals surface area contributed by atoms with Gasteiger partial charge in [-0.2, -0.15) is 0 Å². The molecule has 38 heavy (non-hydrogen) atoms. The van der Waals surface area contributed by atoms with Crippen LogP contribution in [0.5, 0.6) is 5.75 Å². The molecule has 3 aliphatic heterocycles. The van der Waals surface area contributed by atoms with Crippen molar-refractivity contribution in [3.8, 4) is 17.0 Å². The highest BCUT2D eigenvalue weighted by Gasteiger charge is 2.31. The molecule has 0 amide bonds. The van der Waals surface area contributed by atoms with E-state index in [1.54, 1.807) is 18.2 Å². The van der Waals surface area contributed by atoms with Crippen molar-refractivity contribution in [3.05, 3.63) is 54.0 Å². The number of halogens is 3. The van der Waals surface area contributed by atoms with Crippen LogP contribution in [-0.4, -0.2) is 66.3 Å². The second-order valence-electron chi connectivity index (χ2n) is 10.4. The second kappa shape index (κ2) is 9.98. The molecule has 0 saturated carbocycles. The number of ether oxygens (including phenoxy) is 1. The largest absolute Gasteiger partial charge is 0.486 e. The molecule has 0 bridgehead atoms. The normalized spacial score (nSPS) is 19.4. The molecule has 1 atom stereocenters.